The predicted molar refractivity (Wildman–Crippen MR) is 105 cm³/mol. The van der Waals surface area contributed by atoms with Crippen LogP contribution in [0.5, 0.6) is 0 Å². The van der Waals surface area contributed by atoms with Crippen LogP contribution in [-0.4, -0.2) is 46.2 Å². The quantitative estimate of drug-likeness (QED) is 0.704. The van der Waals surface area contributed by atoms with Crippen LogP contribution < -0.4 is 16.0 Å². The normalized spacial score (nSPS) is 13.8. The van der Waals surface area contributed by atoms with Gasteiger partial charge in [0.15, 0.2) is 0 Å². The number of nitrogens with zero attached hydrogens (tertiary/aromatic N) is 6. The number of hydrogen-bond donors (Lipinski definition) is 2. The third-order valence-corrected chi connectivity index (χ3v) is 4.24. The second kappa shape index (κ2) is 7.85. The molecule has 2 aromatic heterocycles. The first kappa shape index (κ1) is 17.6. The standard InChI is InChI=1S/C19H18N8O/c20-10-13-2-1-3-15(8-13)24-17-9-16(14-11-22-18(21)23-12-14)25-19(26-17)27-4-6-28-7-5-27/h1-3,8-9,11-12H,4-7H2,(H2,21,22,23)(H,24,25,26). The first-order chi connectivity index (χ1) is 13.7. The van der Waals surface area contributed by atoms with Crippen molar-refractivity contribution in [1.29, 1.82) is 5.26 Å². The molecule has 1 aromatic carbocycles. The Morgan fingerprint density at radius 2 is 1.89 bits per heavy atom. The number of aromatic nitrogens is 4. The molecule has 0 saturated carbocycles. The summed E-state index contributed by atoms with van der Waals surface area (Å²) >= 11 is 0. The van der Waals surface area contributed by atoms with Gasteiger partial charge in [0.05, 0.1) is 30.5 Å². The molecule has 3 aromatic rings. The molecule has 1 aliphatic heterocycles. The fourth-order valence-corrected chi connectivity index (χ4v) is 2.84. The zero-order valence-electron chi connectivity index (χ0n) is 15.0. The maximum atomic E-state index is 9.11. The highest BCUT2D eigenvalue weighted by Crippen LogP contribution is 2.25. The van der Waals surface area contributed by atoms with E-state index in [9.17, 15) is 0 Å². The van der Waals surface area contributed by atoms with Crippen molar-refractivity contribution in [3.05, 3.63) is 48.3 Å². The van der Waals surface area contributed by atoms with E-state index in [2.05, 4.69) is 36.2 Å². The summed E-state index contributed by atoms with van der Waals surface area (Å²) in [6, 6.07) is 11.2. The van der Waals surface area contributed by atoms with Gasteiger partial charge in [-0.05, 0) is 18.2 Å². The highest BCUT2D eigenvalue weighted by atomic mass is 16.5. The van der Waals surface area contributed by atoms with Gasteiger partial charge in [-0.3, -0.25) is 0 Å². The smallest absolute Gasteiger partial charge is 0.228 e. The van der Waals surface area contributed by atoms with Gasteiger partial charge >= 0.3 is 0 Å². The van der Waals surface area contributed by atoms with Crippen molar-refractivity contribution in [3.63, 3.8) is 0 Å². The summed E-state index contributed by atoms with van der Waals surface area (Å²) in [5, 5.41) is 12.4. The molecule has 4 rings (SSSR count). The van der Waals surface area contributed by atoms with E-state index in [1.807, 2.05) is 18.2 Å². The van der Waals surface area contributed by atoms with Crippen LogP contribution >= 0.6 is 0 Å². The number of benzene rings is 1. The van der Waals surface area contributed by atoms with Crippen molar-refractivity contribution in [3.8, 4) is 17.3 Å². The lowest BCUT2D eigenvalue weighted by Gasteiger charge is -2.27. The third-order valence-electron chi connectivity index (χ3n) is 4.24. The molecule has 0 amide bonds. The molecule has 140 valence electrons. The van der Waals surface area contributed by atoms with E-state index >= 15 is 0 Å². The number of nitriles is 1. The minimum atomic E-state index is 0.206. The molecule has 0 spiro atoms. The van der Waals surface area contributed by atoms with Gasteiger partial charge in [0.25, 0.3) is 0 Å². The lowest BCUT2D eigenvalue weighted by Crippen LogP contribution is -2.37. The van der Waals surface area contributed by atoms with Crippen molar-refractivity contribution in [2.24, 2.45) is 0 Å². The average Bonchev–Trinajstić information content (AvgIpc) is 2.75. The SMILES string of the molecule is N#Cc1cccc(Nc2cc(-c3cnc(N)nc3)nc(N3CCOCC3)n2)c1. The van der Waals surface area contributed by atoms with Crippen LogP contribution in [0.4, 0.5) is 23.4 Å². The van der Waals surface area contributed by atoms with Gasteiger partial charge in [-0.25, -0.2) is 15.0 Å². The lowest BCUT2D eigenvalue weighted by atomic mass is 10.2. The third kappa shape index (κ3) is 3.97. The van der Waals surface area contributed by atoms with Gasteiger partial charge in [0.1, 0.15) is 5.82 Å². The molecular formula is C19H18N8O. The molecule has 28 heavy (non-hydrogen) atoms. The fraction of sp³-hybridized carbons (Fsp3) is 0.211. The summed E-state index contributed by atoms with van der Waals surface area (Å²) in [5.74, 6) is 1.41. The summed E-state index contributed by atoms with van der Waals surface area (Å²) in [6.07, 6.45) is 3.27. The second-order valence-electron chi connectivity index (χ2n) is 6.19. The Kier molecular flexibility index (Phi) is 4.95. The number of nitrogen functional groups attached to an aromatic ring is 1. The number of hydrogen-bond acceptors (Lipinski definition) is 9. The first-order valence-corrected chi connectivity index (χ1v) is 8.78. The van der Waals surface area contributed by atoms with E-state index in [1.54, 1.807) is 24.5 Å². The summed E-state index contributed by atoms with van der Waals surface area (Å²) in [5.41, 5.74) is 8.35. The Labute approximate surface area is 161 Å². The average molecular weight is 374 g/mol. The highest BCUT2D eigenvalue weighted by Gasteiger charge is 2.17. The molecule has 1 aliphatic rings. The maximum absolute atomic E-state index is 9.11. The van der Waals surface area contributed by atoms with Gasteiger partial charge < -0.3 is 20.7 Å². The number of rotatable bonds is 4. The Morgan fingerprint density at radius 1 is 1.11 bits per heavy atom. The van der Waals surface area contributed by atoms with Crippen molar-refractivity contribution in [1.82, 2.24) is 19.9 Å². The molecule has 0 bridgehead atoms. The lowest BCUT2D eigenvalue weighted by molar-refractivity contribution is 0.122. The fourth-order valence-electron chi connectivity index (χ4n) is 2.84. The van der Waals surface area contributed by atoms with Crippen molar-refractivity contribution in [2.45, 2.75) is 0 Å². The van der Waals surface area contributed by atoms with Crippen LogP contribution in [-0.2, 0) is 4.74 Å². The van der Waals surface area contributed by atoms with Gasteiger partial charge in [-0.1, -0.05) is 6.07 Å². The minimum absolute atomic E-state index is 0.206. The molecule has 9 heteroatoms. The number of anilines is 4. The van der Waals surface area contributed by atoms with Crippen molar-refractivity contribution < 1.29 is 4.74 Å². The van der Waals surface area contributed by atoms with Crippen LogP contribution in [0.2, 0.25) is 0 Å². The molecule has 0 radical (unpaired) electrons. The minimum Gasteiger partial charge on any atom is -0.378 e. The molecule has 0 unspecified atom stereocenters. The Hall–Kier alpha value is -3.77. The number of nitrogens with one attached hydrogen (secondary N) is 1. The van der Waals surface area contributed by atoms with Gasteiger partial charge in [0, 0.05) is 42.8 Å². The van der Waals surface area contributed by atoms with Gasteiger partial charge in [-0.15, -0.1) is 0 Å². The molecule has 3 N–H and O–H groups in total. The second-order valence-corrected chi connectivity index (χ2v) is 6.19. The zero-order valence-corrected chi connectivity index (χ0v) is 15.0. The van der Waals surface area contributed by atoms with Crippen LogP contribution in [0.15, 0.2) is 42.7 Å². The van der Waals surface area contributed by atoms with Gasteiger partial charge in [-0.2, -0.15) is 10.2 Å². The number of ether oxygens (including phenoxy) is 1. The zero-order chi connectivity index (χ0) is 19.3. The van der Waals surface area contributed by atoms with E-state index in [4.69, 9.17) is 15.7 Å². The van der Waals surface area contributed by atoms with Crippen LogP contribution in [0.3, 0.4) is 0 Å². The maximum Gasteiger partial charge on any atom is 0.228 e. The predicted octanol–water partition coefficient (Wildman–Crippen LogP) is 1.97. The summed E-state index contributed by atoms with van der Waals surface area (Å²) in [6.45, 7) is 2.69. The number of nitrogens with two attached hydrogens (primary N) is 1. The highest BCUT2D eigenvalue weighted by molar-refractivity contribution is 5.67. The largest absolute Gasteiger partial charge is 0.378 e. The summed E-state index contributed by atoms with van der Waals surface area (Å²) in [4.78, 5) is 19.5. The summed E-state index contributed by atoms with van der Waals surface area (Å²) in [7, 11) is 0. The van der Waals surface area contributed by atoms with Crippen molar-refractivity contribution >= 4 is 23.4 Å². The molecular weight excluding hydrogens is 356 g/mol. The Balaban J connectivity index is 1.72. The summed E-state index contributed by atoms with van der Waals surface area (Å²) < 4.78 is 5.42. The van der Waals surface area contributed by atoms with E-state index in [-0.39, 0.29) is 5.95 Å². The Bertz CT molecular complexity index is 1010. The monoisotopic (exact) mass is 374 g/mol. The molecule has 3 heterocycles. The molecule has 0 atom stereocenters. The molecule has 1 saturated heterocycles. The van der Waals surface area contributed by atoms with Crippen LogP contribution in [0.1, 0.15) is 5.56 Å². The van der Waals surface area contributed by atoms with Crippen molar-refractivity contribution in [2.75, 3.05) is 42.3 Å². The molecule has 0 aliphatic carbocycles. The molecule has 1 fully saturated rings. The number of morpholine rings is 1. The van der Waals surface area contributed by atoms with E-state index in [0.717, 1.165) is 11.3 Å². The van der Waals surface area contributed by atoms with Gasteiger partial charge in [0.2, 0.25) is 11.9 Å². The van der Waals surface area contributed by atoms with Crippen LogP contribution in [0.25, 0.3) is 11.3 Å². The topological polar surface area (TPSA) is 126 Å². The van der Waals surface area contributed by atoms with E-state index in [0.29, 0.717) is 49.3 Å². The van der Waals surface area contributed by atoms with E-state index in [1.165, 1.54) is 0 Å². The van der Waals surface area contributed by atoms with Crippen LogP contribution in [0, 0.1) is 11.3 Å². The van der Waals surface area contributed by atoms with E-state index < -0.39 is 0 Å². The first-order valence-electron chi connectivity index (χ1n) is 8.78. The molecule has 9 nitrogen and oxygen atoms in total. The Morgan fingerprint density at radius 3 is 2.64 bits per heavy atom.